The summed E-state index contributed by atoms with van der Waals surface area (Å²) in [4.78, 5) is 18.8. The Balaban J connectivity index is 2.22. The van der Waals surface area contributed by atoms with Crippen LogP contribution in [-0.2, 0) is 6.54 Å². The Morgan fingerprint density at radius 3 is 2.74 bits per heavy atom. The Kier molecular flexibility index (Phi) is 4.22. The molecule has 3 nitrogen and oxygen atoms in total. The van der Waals surface area contributed by atoms with Crippen molar-refractivity contribution >= 4 is 34.4 Å². The number of Topliss-reactive ketones (excluding diaryl/α,β-unsaturated/α-hetero) is 1. The number of anilines is 1. The summed E-state index contributed by atoms with van der Waals surface area (Å²) in [7, 11) is 1.98. The molecule has 2 aromatic rings. The lowest BCUT2D eigenvalue weighted by atomic mass is 10.1. The molecule has 0 N–H and O–H groups in total. The first-order chi connectivity index (χ1) is 8.99. The topological polar surface area (TPSA) is 33.2 Å². The number of thiazole rings is 1. The number of aryl methyl sites for hydroxylation is 1. The quantitative estimate of drug-likeness (QED) is 0.801. The number of halogens is 1. The van der Waals surface area contributed by atoms with Gasteiger partial charge in [0, 0.05) is 17.5 Å². The van der Waals surface area contributed by atoms with E-state index in [1.54, 1.807) is 23.5 Å². The van der Waals surface area contributed by atoms with E-state index in [-0.39, 0.29) is 5.78 Å². The van der Waals surface area contributed by atoms with Crippen LogP contribution >= 0.6 is 22.9 Å². The number of hydrogen-bond donors (Lipinski definition) is 0. The summed E-state index contributed by atoms with van der Waals surface area (Å²) in [5, 5.41) is 0.595. The van der Waals surface area contributed by atoms with Crippen molar-refractivity contribution in [1.82, 2.24) is 4.98 Å². The number of carbonyl (C=O) groups excluding carboxylic acids is 1. The monoisotopic (exact) mass is 294 g/mol. The zero-order valence-corrected chi connectivity index (χ0v) is 12.7. The molecule has 1 heterocycles. The highest BCUT2D eigenvalue weighted by Crippen LogP contribution is 2.28. The highest BCUT2D eigenvalue weighted by molar-refractivity contribution is 7.09. The third kappa shape index (κ3) is 3.14. The Morgan fingerprint density at radius 1 is 1.47 bits per heavy atom. The lowest BCUT2D eigenvalue weighted by Crippen LogP contribution is -2.16. The number of rotatable bonds is 4. The van der Waals surface area contributed by atoms with Gasteiger partial charge in [-0.3, -0.25) is 4.79 Å². The van der Waals surface area contributed by atoms with Gasteiger partial charge in [0.15, 0.2) is 5.78 Å². The fraction of sp³-hybridized carbons (Fsp3) is 0.286. The molecule has 0 amide bonds. The molecule has 0 aliphatic rings. The Labute approximate surface area is 121 Å². The molecule has 0 aliphatic heterocycles. The smallest absolute Gasteiger partial charge is 0.159 e. The van der Waals surface area contributed by atoms with Gasteiger partial charge in [0.1, 0.15) is 0 Å². The van der Waals surface area contributed by atoms with Crippen molar-refractivity contribution in [3.05, 3.63) is 44.9 Å². The van der Waals surface area contributed by atoms with E-state index >= 15 is 0 Å². The molecule has 0 fully saturated rings. The van der Waals surface area contributed by atoms with Gasteiger partial charge in [0.2, 0.25) is 0 Å². The molecular weight excluding hydrogens is 280 g/mol. The van der Waals surface area contributed by atoms with E-state index in [0.717, 1.165) is 17.9 Å². The van der Waals surface area contributed by atoms with Crippen molar-refractivity contribution in [3.63, 3.8) is 0 Å². The third-order valence-electron chi connectivity index (χ3n) is 2.99. The highest BCUT2D eigenvalue weighted by atomic mass is 35.5. The second-order valence-electron chi connectivity index (χ2n) is 4.44. The molecule has 0 spiro atoms. The molecule has 0 radical (unpaired) electrons. The van der Waals surface area contributed by atoms with Crippen molar-refractivity contribution in [2.45, 2.75) is 20.4 Å². The van der Waals surface area contributed by atoms with E-state index < -0.39 is 0 Å². The van der Waals surface area contributed by atoms with Gasteiger partial charge in [-0.2, -0.15) is 0 Å². The van der Waals surface area contributed by atoms with Crippen molar-refractivity contribution in [2.75, 3.05) is 11.9 Å². The van der Waals surface area contributed by atoms with Gasteiger partial charge in [-0.15, -0.1) is 11.3 Å². The minimum Gasteiger partial charge on any atom is -0.368 e. The molecule has 0 aliphatic carbocycles. The number of aromatic nitrogens is 1. The van der Waals surface area contributed by atoms with Crippen LogP contribution in [0, 0.1) is 6.92 Å². The lowest BCUT2D eigenvalue weighted by molar-refractivity contribution is 0.101. The average Bonchev–Trinajstić information content (AvgIpc) is 2.74. The molecule has 0 saturated heterocycles. The predicted molar refractivity (Wildman–Crippen MR) is 80.4 cm³/mol. The second-order valence-corrected chi connectivity index (χ2v) is 5.79. The number of ketones is 1. The summed E-state index contributed by atoms with van der Waals surface area (Å²) in [5.74, 6) is 0.0226. The lowest BCUT2D eigenvalue weighted by Gasteiger charge is -2.20. The zero-order valence-electron chi connectivity index (χ0n) is 11.1. The van der Waals surface area contributed by atoms with Crippen molar-refractivity contribution in [2.24, 2.45) is 0 Å². The average molecular weight is 295 g/mol. The van der Waals surface area contributed by atoms with Crippen molar-refractivity contribution in [3.8, 4) is 0 Å². The maximum absolute atomic E-state index is 11.3. The van der Waals surface area contributed by atoms with Gasteiger partial charge in [-0.05, 0) is 32.0 Å². The number of hydrogen-bond acceptors (Lipinski definition) is 4. The maximum atomic E-state index is 11.3. The van der Waals surface area contributed by atoms with Gasteiger partial charge in [0.25, 0.3) is 0 Å². The summed E-state index contributed by atoms with van der Waals surface area (Å²) in [6, 6.07) is 5.41. The van der Waals surface area contributed by atoms with Crippen LogP contribution in [0.3, 0.4) is 0 Å². The van der Waals surface area contributed by atoms with Crippen LogP contribution < -0.4 is 4.90 Å². The van der Waals surface area contributed by atoms with E-state index in [1.165, 1.54) is 11.8 Å². The Hall–Kier alpha value is -1.39. The normalized spacial score (nSPS) is 10.5. The molecule has 0 bridgehead atoms. The fourth-order valence-corrected chi connectivity index (χ4v) is 2.97. The molecule has 100 valence electrons. The van der Waals surface area contributed by atoms with Crippen LogP contribution in [0.25, 0.3) is 0 Å². The summed E-state index contributed by atoms with van der Waals surface area (Å²) in [6.45, 7) is 4.30. The van der Waals surface area contributed by atoms with E-state index in [1.807, 2.05) is 25.5 Å². The SMILES string of the molecule is CC(=O)c1ccc(N(C)Cc2scnc2C)c(Cl)c1. The summed E-state index contributed by atoms with van der Waals surface area (Å²) in [6.07, 6.45) is 0. The van der Waals surface area contributed by atoms with Crippen LogP contribution in [0.1, 0.15) is 27.9 Å². The largest absolute Gasteiger partial charge is 0.368 e. The Morgan fingerprint density at radius 2 is 2.21 bits per heavy atom. The summed E-state index contributed by atoms with van der Waals surface area (Å²) in [5.41, 5.74) is 4.45. The van der Waals surface area contributed by atoms with Crippen molar-refractivity contribution < 1.29 is 4.79 Å². The number of nitrogens with zero attached hydrogens (tertiary/aromatic N) is 2. The maximum Gasteiger partial charge on any atom is 0.159 e. The molecule has 19 heavy (non-hydrogen) atoms. The molecular formula is C14H15ClN2OS. The predicted octanol–water partition coefficient (Wildman–Crippen LogP) is 3.94. The van der Waals surface area contributed by atoms with Crippen LogP contribution in [0.15, 0.2) is 23.7 Å². The van der Waals surface area contributed by atoms with Gasteiger partial charge in [-0.25, -0.2) is 4.98 Å². The molecule has 2 rings (SSSR count). The van der Waals surface area contributed by atoms with E-state index in [9.17, 15) is 4.79 Å². The second kappa shape index (κ2) is 5.72. The standard InChI is InChI=1S/C14H15ClN2OS/c1-9-14(19-8-16-9)7-17(3)13-5-4-11(10(2)18)6-12(13)15/h4-6,8H,7H2,1-3H3. The third-order valence-corrected chi connectivity index (χ3v) is 4.21. The number of carbonyl (C=O) groups is 1. The van der Waals surface area contributed by atoms with Gasteiger partial charge in [-0.1, -0.05) is 11.6 Å². The molecule has 1 aromatic heterocycles. The first-order valence-corrected chi connectivity index (χ1v) is 7.15. The fourth-order valence-electron chi connectivity index (χ4n) is 1.81. The first-order valence-electron chi connectivity index (χ1n) is 5.89. The molecule has 5 heteroatoms. The molecule has 0 saturated carbocycles. The van der Waals surface area contributed by atoms with Crippen LogP contribution in [0.2, 0.25) is 5.02 Å². The van der Waals surface area contributed by atoms with E-state index in [4.69, 9.17) is 11.6 Å². The van der Waals surface area contributed by atoms with Crippen LogP contribution in [0.4, 0.5) is 5.69 Å². The van der Waals surface area contributed by atoms with Gasteiger partial charge >= 0.3 is 0 Å². The van der Waals surface area contributed by atoms with E-state index in [0.29, 0.717) is 10.6 Å². The molecule has 0 atom stereocenters. The molecule has 1 aromatic carbocycles. The minimum absolute atomic E-state index is 0.0226. The zero-order chi connectivity index (χ0) is 14.0. The number of benzene rings is 1. The highest BCUT2D eigenvalue weighted by Gasteiger charge is 2.11. The summed E-state index contributed by atoms with van der Waals surface area (Å²) < 4.78 is 0. The summed E-state index contributed by atoms with van der Waals surface area (Å²) >= 11 is 7.88. The Bertz CT molecular complexity index is 609. The molecule has 0 unspecified atom stereocenters. The minimum atomic E-state index is 0.0226. The van der Waals surface area contributed by atoms with E-state index in [2.05, 4.69) is 9.88 Å². The van der Waals surface area contributed by atoms with Gasteiger partial charge < -0.3 is 4.90 Å². The van der Waals surface area contributed by atoms with Crippen LogP contribution in [-0.4, -0.2) is 17.8 Å². The van der Waals surface area contributed by atoms with Crippen LogP contribution in [0.5, 0.6) is 0 Å². The van der Waals surface area contributed by atoms with Gasteiger partial charge in [0.05, 0.1) is 28.5 Å². The first kappa shape index (κ1) is 14.0. The van der Waals surface area contributed by atoms with Crippen molar-refractivity contribution in [1.29, 1.82) is 0 Å².